The van der Waals surface area contributed by atoms with Crippen LogP contribution in [0.5, 0.6) is 5.75 Å². The van der Waals surface area contributed by atoms with Gasteiger partial charge < -0.3 is 10.5 Å². The highest BCUT2D eigenvalue weighted by Crippen LogP contribution is 2.32. The minimum Gasteiger partial charge on any atom is -0.435 e. The van der Waals surface area contributed by atoms with Gasteiger partial charge in [-0.2, -0.15) is 8.78 Å². The van der Waals surface area contributed by atoms with E-state index in [1.807, 2.05) is 0 Å². The van der Waals surface area contributed by atoms with Gasteiger partial charge in [-0.15, -0.1) is 12.4 Å². The summed E-state index contributed by atoms with van der Waals surface area (Å²) in [6.45, 7) is -2.52. The van der Waals surface area contributed by atoms with Crippen LogP contribution in [0.1, 0.15) is 5.56 Å². The maximum absolute atomic E-state index is 12.0. The fourth-order valence-corrected chi connectivity index (χ4v) is 2.58. The van der Waals surface area contributed by atoms with E-state index in [1.165, 1.54) is 30.3 Å². The highest BCUT2D eigenvalue weighted by Gasteiger charge is 2.34. The maximum atomic E-state index is 12.0. The molecule has 1 aromatic carbocycles. The largest absolute Gasteiger partial charge is 0.435 e. The number of halogens is 3. The maximum Gasteiger partial charge on any atom is 0.387 e. The van der Waals surface area contributed by atoms with E-state index in [2.05, 4.69) is 4.74 Å². The lowest BCUT2D eigenvalue weighted by Crippen LogP contribution is -2.33. The van der Waals surface area contributed by atoms with Gasteiger partial charge in [0.2, 0.25) is 0 Å². The van der Waals surface area contributed by atoms with E-state index in [0.717, 1.165) is 16.7 Å². The summed E-state index contributed by atoms with van der Waals surface area (Å²) in [5.74, 6) is -0.373. The average Bonchev–Trinajstić information content (AvgIpc) is 2.69. The molecule has 0 aliphatic carbocycles. The number of carbonyl (C=O) groups is 2. The third kappa shape index (κ3) is 4.43. The number of carbonyl (C=O) groups excluding carboxylic acids is 2. The van der Waals surface area contributed by atoms with Gasteiger partial charge in [0, 0.05) is 13.1 Å². The van der Waals surface area contributed by atoms with E-state index in [4.69, 9.17) is 5.73 Å². The summed E-state index contributed by atoms with van der Waals surface area (Å²) in [6, 6.07) is 5.77. The van der Waals surface area contributed by atoms with Gasteiger partial charge in [0.05, 0.1) is 4.91 Å². The first-order valence-electron chi connectivity index (χ1n) is 6.01. The Morgan fingerprint density at radius 1 is 1.27 bits per heavy atom. The number of nitrogens with zero attached hydrogens (tertiary/aromatic N) is 1. The molecule has 1 aliphatic rings. The van der Waals surface area contributed by atoms with Crippen LogP contribution in [0.25, 0.3) is 6.08 Å². The van der Waals surface area contributed by atoms with Crippen molar-refractivity contribution in [2.24, 2.45) is 5.73 Å². The van der Waals surface area contributed by atoms with Crippen LogP contribution in [0.3, 0.4) is 0 Å². The molecule has 0 unspecified atom stereocenters. The molecule has 0 radical (unpaired) electrons. The molecule has 1 aliphatic heterocycles. The molecule has 0 bridgehead atoms. The van der Waals surface area contributed by atoms with Gasteiger partial charge in [-0.1, -0.05) is 12.1 Å². The summed E-state index contributed by atoms with van der Waals surface area (Å²) in [5, 5.41) is -0.366. The molecule has 1 fully saturated rings. The quantitative estimate of drug-likeness (QED) is 0.827. The van der Waals surface area contributed by atoms with Crippen molar-refractivity contribution in [3.8, 4) is 5.75 Å². The Bertz CT molecular complexity index is 581. The minimum atomic E-state index is -2.89. The SMILES string of the molecule is Cl.NCCN1C(=O)S/C(=C/c2ccc(OC(F)F)cc2)C1=O. The molecule has 22 heavy (non-hydrogen) atoms. The third-order valence-electron chi connectivity index (χ3n) is 2.63. The number of amides is 2. The van der Waals surface area contributed by atoms with Gasteiger partial charge in [0.15, 0.2) is 0 Å². The van der Waals surface area contributed by atoms with E-state index < -0.39 is 12.5 Å². The molecule has 0 saturated carbocycles. The Labute approximate surface area is 135 Å². The van der Waals surface area contributed by atoms with Crippen molar-refractivity contribution in [2.45, 2.75) is 6.61 Å². The second-order valence-electron chi connectivity index (χ2n) is 4.07. The van der Waals surface area contributed by atoms with Gasteiger partial charge >= 0.3 is 6.61 Å². The second kappa shape index (κ2) is 8.11. The first-order valence-corrected chi connectivity index (χ1v) is 6.83. The number of thioether (sulfide) groups is 1. The molecule has 5 nitrogen and oxygen atoms in total. The Morgan fingerprint density at radius 3 is 2.45 bits per heavy atom. The molecule has 1 aromatic rings. The van der Waals surface area contributed by atoms with Crippen LogP contribution in [0.2, 0.25) is 0 Å². The lowest BCUT2D eigenvalue weighted by Gasteiger charge is -2.09. The van der Waals surface area contributed by atoms with Gasteiger partial charge in [-0.25, -0.2) is 0 Å². The zero-order valence-corrected chi connectivity index (χ0v) is 12.8. The zero-order valence-electron chi connectivity index (χ0n) is 11.2. The summed E-state index contributed by atoms with van der Waals surface area (Å²) in [5.41, 5.74) is 5.94. The molecule has 0 aromatic heterocycles. The Kier molecular flexibility index (Phi) is 6.79. The number of nitrogens with two attached hydrogens (primary N) is 1. The highest BCUT2D eigenvalue weighted by atomic mass is 35.5. The summed E-state index contributed by atoms with van der Waals surface area (Å²) >= 11 is 0.823. The fraction of sp³-hybridized carbons (Fsp3) is 0.231. The normalized spacial score (nSPS) is 16.4. The number of hydrogen-bond donors (Lipinski definition) is 1. The van der Waals surface area contributed by atoms with Crippen molar-refractivity contribution in [2.75, 3.05) is 13.1 Å². The van der Waals surface area contributed by atoms with Crippen LogP contribution in [0.15, 0.2) is 29.2 Å². The number of ether oxygens (including phenoxy) is 1. The fourth-order valence-electron chi connectivity index (χ4n) is 1.72. The molecule has 9 heteroatoms. The second-order valence-corrected chi connectivity index (χ2v) is 5.06. The highest BCUT2D eigenvalue weighted by molar-refractivity contribution is 8.18. The van der Waals surface area contributed by atoms with E-state index in [9.17, 15) is 18.4 Å². The molecule has 0 spiro atoms. The number of imide groups is 1. The molecule has 0 atom stereocenters. The molecule has 2 amide bonds. The molecular weight excluding hydrogens is 338 g/mol. The van der Waals surface area contributed by atoms with Crippen molar-refractivity contribution in [3.05, 3.63) is 34.7 Å². The van der Waals surface area contributed by atoms with Gasteiger partial charge in [0.25, 0.3) is 11.1 Å². The summed E-state index contributed by atoms with van der Waals surface area (Å²) in [7, 11) is 0. The lowest BCUT2D eigenvalue weighted by atomic mass is 10.2. The van der Waals surface area contributed by atoms with E-state index >= 15 is 0 Å². The van der Waals surface area contributed by atoms with Gasteiger partial charge in [-0.05, 0) is 35.5 Å². The zero-order chi connectivity index (χ0) is 15.4. The number of alkyl halides is 2. The molecule has 2 rings (SSSR count). The van der Waals surface area contributed by atoms with Crippen LogP contribution in [-0.2, 0) is 4.79 Å². The van der Waals surface area contributed by atoms with E-state index in [-0.39, 0.29) is 41.4 Å². The monoisotopic (exact) mass is 350 g/mol. The van der Waals surface area contributed by atoms with Crippen molar-refractivity contribution in [1.29, 1.82) is 0 Å². The molecule has 1 heterocycles. The van der Waals surface area contributed by atoms with Crippen molar-refractivity contribution < 1.29 is 23.1 Å². The standard InChI is InChI=1S/C13H12F2N2O3S.ClH/c14-12(15)20-9-3-1-8(2-4-9)7-10-11(18)17(6-5-16)13(19)21-10;/h1-4,7,12H,5-6,16H2;1H/b10-7+;. The van der Waals surface area contributed by atoms with E-state index in [1.54, 1.807) is 0 Å². The average molecular weight is 351 g/mol. The number of benzene rings is 1. The predicted molar refractivity (Wildman–Crippen MR) is 82.1 cm³/mol. The smallest absolute Gasteiger partial charge is 0.387 e. The van der Waals surface area contributed by atoms with Crippen molar-refractivity contribution in [3.63, 3.8) is 0 Å². The van der Waals surface area contributed by atoms with Crippen LogP contribution in [0.4, 0.5) is 13.6 Å². The summed E-state index contributed by atoms with van der Waals surface area (Å²) in [4.78, 5) is 24.9. The van der Waals surface area contributed by atoms with Crippen LogP contribution in [0, 0.1) is 0 Å². The van der Waals surface area contributed by atoms with Crippen molar-refractivity contribution in [1.82, 2.24) is 4.90 Å². The topological polar surface area (TPSA) is 72.6 Å². The molecule has 120 valence electrons. The first-order chi connectivity index (χ1) is 10.0. The number of rotatable bonds is 5. The van der Waals surface area contributed by atoms with E-state index in [0.29, 0.717) is 5.56 Å². The Morgan fingerprint density at radius 2 is 1.91 bits per heavy atom. The summed E-state index contributed by atoms with van der Waals surface area (Å²) < 4.78 is 28.3. The van der Waals surface area contributed by atoms with Crippen LogP contribution >= 0.6 is 24.2 Å². The summed E-state index contributed by atoms with van der Waals surface area (Å²) in [6.07, 6.45) is 1.52. The van der Waals surface area contributed by atoms with Gasteiger partial charge in [0.1, 0.15) is 5.75 Å². The third-order valence-corrected chi connectivity index (χ3v) is 3.54. The number of hydrogen-bond acceptors (Lipinski definition) is 5. The Balaban J connectivity index is 0.00000242. The van der Waals surface area contributed by atoms with Crippen LogP contribution < -0.4 is 10.5 Å². The molecular formula is C13H13ClF2N2O3S. The van der Waals surface area contributed by atoms with Crippen molar-refractivity contribution >= 4 is 41.4 Å². The predicted octanol–water partition coefficient (Wildman–Crippen LogP) is 2.70. The molecule has 2 N–H and O–H groups in total. The first kappa shape index (κ1) is 18.4. The van der Waals surface area contributed by atoms with Gasteiger partial charge in [-0.3, -0.25) is 14.5 Å². The lowest BCUT2D eigenvalue weighted by molar-refractivity contribution is -0.122. The minimum absolute atomic E-state index is 0. The molecule has 1 saturated heterocycles. The Hall–Kier alpha value is -1.64. The van der Waals surface area contributed by atoms with Crippen LogP contribution in [-0.4, -0.2) is 35.7 Å².